The van der Waals surface area contributed by atoms with Gasteiger partial charge in [-0.3, -0.25) is 4.79 Å². The Morgan fingerprint density at radius 2 is 1.95 bits per heavy atom. The maximum atomic E-state index is 12.8. The minimum absolute atomic E-state index is 0.00691. The average molecular weight is 284 g/mol. The molecule has 1 unspecified atom stereocenters. The number of nitrogens with one attached hydrogen (secondary N) is 1. The lowest BCUT2D eigenvalue weighted by Crippen LogP contribution is -2.56. The molecule has 0 aliphatic carbocycles. The van der Waals surface area contributed by atoms with Gasteiger partial charge in [0.05, 0.1) is 6.04 Å². The molecule has 2 aliphatic rings. The molecule has 1 N–H and O–H groups in total. The van der Waals surface area contributed by atoms with Crippen LogP contribution < -0.4 is 5.32 Å². The fourth-order valence-electron chi connectivity index (χ4n) is 3.06. The highest BCUT2D eigenvalue weighted by Gasteiger charge is 2.39. The molecule has 0 bridgehead atoms. The quantitative estimate of drug-likeness (QED) is 0.803. The standard InChI is InChI=1S/C15H28N2OS/c1-14(2)6-5-8-16-12(14)13(18)17-9-7-15(3,4)19-11-10-17/h12,16H,5-11H2,1-4H3. The molecule has 1 atom stereocenters. The smallest absolute Gasteiger partial charge is 0.240 e. The van der Waals surface area contributed by atoms with Gasteiger partial charge in [0, 0.05) is 23.6 Å². The molecular weight excluding hydrogens is 256 g/mol. The number of carbonyl (C=O) groups excluding carboxylic acids is 1. The second-order valence-electron chi connectivity index (χ2n) is 7.16. The van der Waals surface area contributed by atoms with Gasteiger partial charge in [-0.2, -0.15) is 11.8 Å². The molecular formula is C15H28N2OS. The minimum Gasteiger partial charge on any atom is -0.340 e. The number of rotatable bonds is 1. The first kappa shape index (κ1) is 15.2. The van der Waals surface area contributed by atoms with E-state index in [0.29, 0.717) is 10.7 Å². The third-order valence-corrected chi connectivity index (χ3v) is 5.90. The van der Waals surface area contributed by atoms with Gasteiger partial charge in [-0.05, 0) is 31.2 Å². The van der Waals surface area contributed by atoms with Crippen LogP contribution in [0.3, 0.4) is 0 Å². The van der Waals surface area contributed by atoms with Crippen molar-refractivity contribution < 1.29 is 4.79 Å². The molecule has 0 aromatic carbocycles. The molecule has 2 rings (SSSR count). The summed E-state index contributed by atoms with van der Waals surface area (Å²) in [5.74, 6) is 1.38. The number of hydrogen-bond acceptors (Lipinski definition) is 3. The lowest BCUT2D eigenvalue weighted by atomic mass is 9.77. The van der Waals surface area contributed by atoms with Crippen LogP contribution in [0.25, 0.3) is 0 Å². The van der Waals surface area contributed by atoms with Crippen LogP contribution in [0.5, 0.6) is 0 Å². The molecule has 0 radical (unpaired) electrons. The van der Waals surface area contributed by atoms with Crippen LogP contribution in [0, 0.1) is 5.41 Å². The Balaban J connectivity index is 2.02. The highest BCUT2D eigenvalue weighted by atomic mass is 32.2. The van der Waals surface area contributed by atoms with Crippen LogP contribution in [-0.2, 0) is 4.79 Å². The Bertz CT molecular complexity index is 341. The number of amides is 1. The predicted octanol–water partition coefficient (Wildman–Crippen LogP) is 2.51. The molecule has 2 heterocycles. The molecule has 110 valence electrons. The van der Waals surface area contributed by atoms with E-state index in [4.69, 9.17) is 0 Å². The van der Waals surface area contributed by atoms with Crippen LogP contribution in [0.1, 0.15) is 47.0 Å². The number of nitrogens with zero attached hydrogens (tertiary/aromatic N) is 1. The lowest BCUT2D eigenvalue weighted by molar-refractivity contribution is -0.137. The Morgan fingerprint density at radius 3 is 2.63 bits per heavy atom. The van der Waals surface area contributed by atoms with Gasteiger partial charge in [0.1, 0.15) is 0 Å². The second-order valence-corrected chi connectivity index (χ2v) is 8.96. The van der Waals surface area contributed by atoms with Gasteiger partial charge < -0.3 is 10.2 Å². The summed E-state index contributed by atoms with van der Waals surface area (Å²) in [7, 11) is 0. The van der Waals surface area contributed by atoms with Crippen molar-refractivity contribution in [3.8, 4) is 0 Å². The summed E-state index contributed by atoms with van der Waals surface area (Å²) in [6.07, 6.45) is 3.42. The molecule has 1 amide bonds. The van der Waals surface area contributed by atoms with Gasteiger partial charge in [-0.15, -0.1) is 0 Å². The van der Waals surface area contributed by atoms with Crippen LogP contribution in [-0.4, -0.2) is 47.0 Å². The summed E-state index contributed by atoms with van der Waals surface area (Å²) >= 11 is 1.99. The molecule has 19 heavy (non-hydrogen) atoms. The molecule has 0 aromatic rings. The minimum atomic E-state index is 0.00691. The van der Waals surface area contributed by atoms with Crippen LogP contribution in [0.2, 0.25) is 0 Å². The monoisotopic (exact) mass is 284 g/mol. The van der Waals surface area contributed by atoms with Crippen molar-refractivity contribution >= 4 is 17.7 Å². The van der Waals surface area contributed by atoms with Crippen LogP contribution >= 0.6 is 11.8 Å². The van der Waals surface area contributed by atoms with Crippen molar-refractivity contribution in [2.45, 2.75) is 57.7 Å². The molecule has 0 saturated carbocycles. The highest BCUT2D eigenvalue weighted by molar-refractivity contribution is 8.00. The maximum absolute atomic E-state index is 12.8. The summed E-state index contributed by atoms with van der Waals surface area (Å²) in [4.78, 5) is 14.9. The normalized spacial score (nSPS) is 30.7. The Hall–Kier alpha value is -0.220. The van der Waals surface area contributed by atoms with E-state index in [1.54, 1.807) is 0 Å². The molecule has 2 saturated heterocycles. The Labute approximate surface area is 121 Å². The Morgan fingerprint density at radius 1 is 1.21 bits per heavy atom. The van der Waals surface area contributed by atoms with E-state index in [9.17, 15) is 4.79 Å². The van der Waals surface area contributed by atoms with E-state index in [-0.39, 0.29) is 11.5 Å². The second kappa shape index (κ2) is 5.65. The first-order chi connectivity index (χ1) is 8.82. The van der Waals surface area contributed by atoms with Crippen molar-refractivity contribution in [1.29, 1.82) is 0 Å². The van der Waals surface area contributed by atoms with Gasteiger partial charge in [0.2, 0.25) is 5.91 Å². The summed E-state index contributed by atoms with van der Waals surface area (Å²) in [5.41, 5.74) is 0.0876. The molecule has 0 spiro atoms. The zero-order chi connectivity index (χ0) is 14.1. The fourth-order valence-corrected chi connectivity index (χ4v) is 4.16. The van der Waals surface area contributed by atoms with E-state index >= 15 is 0 Å². The van der Waals surface area contributed by atoms with E-state index in [0.717, 1.165) is 38.2 Å². The number of piperidine rings is 1. The summed E-state index contributed by atoms with van der Waals surface area (Å²) in [5, 5.41) is 3.45. The van der Waals surface area contributed by atoms with Gasteiger partial charge in [-0.1, -0.05) is 27.7 Å². The highest BCUT2D eigenvalue weighted by Crippen LogP contribution is 2.34. The molecule has 2 fully saturated rings. The number of hydrogen-bond donors (Lipinski definition) is 1. The van der Waals surface area contributed by atoms with E-state index in [1.807, 2.05) is 11.8 Å². The third-order valence-electron chi connectivity index (χ3n) is 4.52. The summed E-state index contributed by atoms with van der Waals surface area (Å²) in [6, 6.07) is 0.00691. The fraction of sp³-hybridized carbons (Fsp3) is 0.933. The predicted molar refractivity (Wildman–Crippen MR) is 82.5 cm³/mol. The Kier molecular flexibility index (Phi) is 4.51. The topological polar surface area (TPSA) is 32.3 Å². The van der Waals surface area contributed by atoms with Crippen molar-refractivity contribution in [3.05, 3.63) is 0 Å². The van der Waals surface area contributed by atoms with Crippen molar-refractivity contribution in [2.75, 3.05) is 25.4 Å². The average Bonchev–Trinajstić information content (AvgIpc) is 2.49. The zero-order valence-electron chi connectivity index (χ0n) is 12.8. The van der Waals surface area contributed by atoms with Gasteiger partial charge >= 0.3 is 0 Å². The lowest BCUT2D eigenvalue weighted by Gasteiger charge is -2.40. The SMILES string of the molecule is CC1(C)CCN(C(=O)C2NCCCC2(C)C)CCS1. The largest absolute Gasteiger partial charge is 0.340 e. The zero-order valence-corrected chi connectivity index (χ0v) is 13.6. The van der Waals surface area contributed by atoms with E-state index in [2.05, 4.69) is 37.9 Å². The van der Waals surface area contributed by atoms with Gasteiger partial charge in [0.15, 0.2) is 0 Å². The van der Waals surface area contributed by atoms with Crippen LogP contribution in [0.4, 0.5) is 0 Å². The van der Waals surface area contributed by atoms with E-state index < -0.39 is 0 Å². The third kappa shape index (κ3) is 3.66. The van der Waals surface area contributed by atoms with E-state index in [1.165, 1.54) is 6.42 Å². The molecule has 3 nitrogen and oxygen atoms in total. The first-order valence-electron chi connectivity index (χ1n) is 7.48. The summed E-state index contributed by atoms with van der Waals surface area (Å²) in [6.45, 7) is 11.8. The first-order valence-corrected chi connectivity index (χ1v) is 8.47. The maximum Gasteiger partial charge on any atom is 0.240 e. The number of thioether (sulfide) groups is 1. The van der Waals surface area contributed by atoms with Crippen molar-refractivity contribution in [3.63, 3.8) is 0 Å². The molecule has 2 aliphatic heterocycles. The van der Waals surface area contributed by atoms with Crippen LogP contribution in [0.15, 0.2) is 0 Å². The van der Waals surface area contributed by atoms with Gasteiger partial charge in [0.25, 0.3) is 0 Å². The van der Waals surface area contributed by atoms with Crippen molar-refractivity contribution in [1.82, 2.24) is 10.2 Å². The molecule has 0 aromatic heterocycles. The number of carbonyl (C=O) groups is 1. The summed E-state index contributed by atoms with van der Waals surface area (Å²) < 4.78 is 0.310. The molecule has 4 heteroatoms. The van der Waals surface area contributed by atoms with Crippen molar-refractivity contribution in [2.24, 2.45) is 5.41 Å². The van der Waals surface area contributed by atoms with Gasteiger partial charge in [-0.25, -0.2) is 0 Å².